The number of rotatable bonds is 7. The van der Waals surface area contributed by atoms with Crippen molar-refractivity contribution in [2.24, 2.45) is 0 Å². The van der Waals surface area contributed by atoms with Crippen LogP contribution in [0.2, 0.25) is 0 Å². The van der Waals surface area contributed by atoms with Crippen molar-refractivity contribution < 1.29 is 12.8 Å². The van der Waals surface area contributed by atoms with Gasteiger partial charge in [-0.1, -0.05) is 30.3 Å². The number of aromatic nitrogens is 1. The summed E-state index contributed by atoms with van der Waals surface area (Å²) >= 11 is 1.26. The standard InChI is InChI=1S/C23H27FN4O2S2/c1-16-11-22(32(29,30)26-23-14-31-15-25-23)19(24)12-21(16)27(3)20-9-10-28(17(20)2)13-18-7-5-4-6-8-18/h4-8,11-12,14-15,17,20,26H,9-10,13H2,1-3H3/t17-,20?/m1/s1. The van der Waals surface area contributed by atoms with Gasteiger partial charge in [0, 0.05) is 43.3 Å². The van der Waals surface area contributed by atoms with Crippen LogP contribution in [0.4, 0.5) is 15.9 Å². The number of hydrogen-bond acceptors (Lipinski definition) is 6. The highest BCUT2D eigenvalue weighted by Gasteiger charge is 2.34. The number of thiazole rings is 1. The average molecular weight is 475 g/mol. The topological polar surface area (TPSA) is 65.5 Å². The van der Waals surface area contributed by atoms with Gasteiger partial charge in [-0.25, -0.2) is 17.8 Å². The highest BCUT2D eigenvalue weighted by atomic mass is 32.2. The normalized spacial score (nSPS) is 19.2. The van der Waals surface area contributed by atoms with Gasteiger partial charge in [-0.05, 0) is 43.5 Å². The van der Waals surface area contributed by atoms with Crippen molar-refractivity contribution in [3.05, 3.63) is 70.3 Å². The molecular formula is C23H27FN4O2S2. The van der Waals surface area contributed by atoms with E-state index in [1.807, 2.05) is 32.2 Å². The SMILES string of the molecule is Cc1cc(S(=O)(=O)Nc2cscn2)c(F)cc1N(C)C1CCN(Cc2ccccc2)[C@@H]1C. The molecule has 4 rings (SSSR count). The third-order valence-electron chi connectivity index (χ3n) is 6.16. The summed E-state index contributed by atoms with van der Waals surface area (Å²) in [7, 11) is -2.10. The molecule has 1 N–H and O–H groups in total. The van der Waals surface area contributed by atoms with Crippen molar-refractivity contribution in [2.45, 2.75) is 43.8 Å². The highest BCUT2D eigenvalue weighted by Crippen LogP contribution is 2.32. The molecule has 1 saturated heterocycles. The minimum atomic E-state index is -4.06. The maximum absolute atomic E-state index is 15.0. The van der Waals surface area contributed by atoms with Crippen molar-refractivity contribution in [1.82, 2.24) is 9.88 Å². The van der Waals surface area contributed by atoms with E-state index in [1.54, 1.807) is 5.38 Å². The maximum Gasteiger partial charge on any atom is 0.266 e. The Morgan fingerprint density at radius 2 is 2.03 bits per heavy atom. The van der Waals surface area contributed by atoms with Crippen LogP contribution >= 0.6 is 11.3 Å². The first-order chi connectivity index (χ1) is 15.3. The molecule has 1 aromatic heterocycles. The number of sulfonamides is 1. The molecule has 0 bridgehead atoms. The van der Waals surface area contributed by atoms with Crippen molar-refractivity contribution in [1.29, 1.82) is 0 Å². The molecule has 0 amide bonds. The fourth-order valence-corrected chi connectivity index (χ4v) is 6.11. The van der Waals surface area contributed by atoms with Crippen LogP contribution < -0.4 is 9.62 Å². The molecule has 32 heavy (non-hydrogen) atoms. The minimum Gasteiger partial charge on any atom is -0.370 e. The van der Waals surface area contributed by atoms with E-state index in [0.717, 1.165) is 19.5 Å². The second kappa shape index (κ2) is 9.17. The summed E-state index contributed by atoms with van der Waals surface area (Å²) in [4.78, 5) is 8.06. The summed E-state index contributed by atoms with van der Waals surface area (Å²) in [6.07, 6.45) is 0.955. The van der Waals surface area contributed by atoms with E-state index < -0.39 is 15.8 Å². The maximum atomic E-state index is 15.0. The zero-order chi connectivity index (χ0) is 22.9. The molecule has 2 heterocycles. The van der Waals surface area contributed by atoms with Gasteiger partial charge in [0.2, 0.25) is 0 Å². The van der Waals surface area contributed by atoms with Gasteiger partial charge in [-0.3, -0.25) is 9.62 Å². The van der Waals surface area contributed by atoms with Crippen LogP contribution in [0.3, 0.4) is 0 Å². The molecule has 0 saturated carbocycles. The Hall–Kier alpha value is -2.49. The lowest BCUT2D eigenvalue weighted by Crippen LogP contribution is -2.41. The smallest absolute Gasteiger partial charge is 0.266 e. The number of aryl methyl sites for hydroxylation is 1. The van der Waals surface area contributed by atoms with Gasteiger partial charge in [0.1, 0.15) is 10.7 Å². The monoisotopic (exact) mass is 474 g/mol. The van der Waals surface area contributed by atoms with Crippen molar-refractivity contribution in [3.63, 3.8) is 0 Å². The molecule has 1 fully saturated rings. The van der Waals surface area contributed by atoms with E-state index in [9.17, 15) is 12.8 Å². The van der Waals surface area contributed by atoms with Crippen molar-refractivity contribution in [3.8, 4) is 0 Å². The van der Waals surface area contributed by atoms with Crippen LogP contribution in [-0.2, 0) is 16.6 Å². The van der Waals surface area contributed by atoms with E-state index in [0.29, 0.717) is 11.3 Å². The quantitative estimate of drug-likeness (QED) is 0.547. The molecule has 1 aliphatic heterocycles. The second-order valence-corrected chi connectivity index (χ2v) is 10.6. The summed E-state index contributed by atoms with van der Waals surface area (Å²) in [5, 5.41) is 1.56. The number of anilines is 2. The Morgan fingerprint density at radius 1 is 1.28 bits per heavy atom. The fraction of sp³-hybridized carbons (Fsp3) is 0.348. The molecule has 0 aliphatic carbocycles. The first-order valence-corrected chi connectivity index (χ1v) is 12.9. The molecule has 2 atom stereocenters. The summed E-state index contributed by atoms with van der Waals surface area (Å²) in [5.74, 6) is -0.585. The third kappa shape index (κ3) is 4.65. The molecule has 2 aromatic carbocycles. The summed E-state index contributed by atoms with van der Waals surface area (Å²) in [6.45, 7) is 5.84. The van der Waals surface area contributed by atoms with E-state index >= 15 is 0 Å². The largest absolute Gasteiger partial charge is 0.370 e. The number of likely N-dealkylation sites (tertiary alicyclic amines) is 1. The first kappa shape index (κ1) is 22.7. The molecule has 0 spiro atoms. The second-order valence-electron chi connectivity index (χ2n) is 8.21. The Morgan fingerprint density at radius 3 is 2.72 bits per heavy atom. The van der Waals surface area contributed by atoms with E-state index in [2.05, 4.69) is 38.6 Å². The summed E-state index contributed by atoms with van der Waals surface area (Å²) < 4.78 is 42.7. The molecule has 9 heteroatoms. The van der Waals surface area contributed by atoms with Gasteiger partial charge in [-0.2, -0.15) is 0 Å². The highest BCUT2D eigenvalue weighted by molar-refractivity contribution is 7.92. The van der Waals surface area contributed by atoms with E-state index in [-0.39, 0.29) is 22.8 Å². The summed E-state index contributed by atoms with van der Waals surface area (Å²) in [6, 6.07) is 13.6. The number of nitrogens with one attached hydrogen (secondary N) is 1. The zero-order valence-electron chi connectivity index (χ0n) is 18.3. The molecular weight excluding hydrogens is 447 g/mol. The fourth-order valence-electron chi connectivity index (χ4n) is 4.41. The van der Waals surface area contributed by atoms with E-state index in [1.165, 1.54) is 34.5 Å². The number of nitrogens with zero attached hydrogens (tertiary/aromatic N) is 3. The lowest BCUT2D eigenvalue weighted by molar-refractivity contribution is 0.250. The van der Waals surface area contributed by atoms with Crippen LogP contribution in [0, 0.1) is 12.7 Å². The Labute approximate surface area is 192 Å². The Bertz CT molecular complexity index is 1170. The summed E-state index contributed by atoms with van der Waals surface area (Å²) in [5.41, 5.74) is 4.20. The lowest BCUT2D eigenvalue weighted by Gasteiger charge is -2.33. The molecule has 3 aromatic rings. The van der Waals surface area contributed by atoms with Gasteiger partial charge in [0.25, 0.3) is 10.0 Å². The van der Waals surface area contributed by atoms with Gasteiger partial charge >= 0.3 is 0 Å². The number of halogens is 1. The van der Waals surface area contributed by atoms with Gasteiger partial charge in [0.05, 0.1) is 5.51 Å². The van der Waals surface area contributed by atoms with Crippen LogP contribution in [0.25, 0.3) is 0 Å². The van der Waals surface area contributed by atoms with Gasteiger partial charge in [-0.15, -0.1) is 11.3 Å². The average Bonchev–Trinajstić information content (AvgIpc) is 3.39. The third-order valence-corrected chi connectivity index (χ3v) is 8.12. The molecule has 1 aliphatic rings. The number of hydrogen-bond donors (Lipinski definition) is 1. The van der Waals surface area contributed by atoms with Crippen molar-refractivity contribution in [2.75, 3.05) is 23.2 Å². The zero-order valence-corrected chi connectivity index (χ0v) is 20.0. The van der Waals surface area contributed by atoms with Crippen LogP contribution in [0.1, 0.15) is 24.5 Å². The lowest BCUT2D eigenvalue weighted by atomic mass is 10.1. The van der Waals surface area contributed by atoms with Gasteiger partial charge in [0.15, 0.2) is 5.82 Å². The predicted octanol–water partition coefficient (Wildman–Crippen LogP) is 4.49. The number of likely N-dealkylation sites (N-methyl/N-ethyl adjacent to an activating group) is 1. The molecule has 1 unspecified atom stereocenters. The molecule has 170 valence electrons. The molecule has 0 radical (unpaired) electrons. The van der Waals surface area contributed by atoms with Crippen LogP contribution in [-0.4, -0.2) is 44.0 Å². The predicted molar refractivity (Wildman–Crippen MR) is 127 cm³/mol. The Balaban J connectivity index is 1.53. The molecule has 6 nitrogen and oxygen atoms in total. The Kier molecular flexibility index (Phi) is 6.50. The van der Waals surface area contributed by atoms with Crippen LogP contribution in [0.15, 0.2) is 58.3 Å². The van der Waals surface area contributed by atoms with E-state index in [4.69, 9.17) is 0 Å². The number of benzene rings is 2. The van der Waals surface area contributed by atoms with Gasteiger partial charge < -0.3 is 4.90 Å². The van der Waals surface area contributed by atoms with Crippen molar-refractivity contribution >= 4 is 32.9 Å². The minimum absolute atomic E-state index is 0.187. The first-order valence-electron chi connectivity index (χ1n) is 10.5. The van der Waals surface area contributed by atoms with Crippen LogP contribution in [0.5, 0.6) is 0 Å².